The van der Waals surface area contributed by atoms with Crippen LogP contribution in [0, 0.1) is 20.8 Å². The number of thiazole rings is 1. The zero-order valence-corrected chi connectivity index (χ0v) is 28.3. The molecule has 234 valence electrons. The van der Waals surface area contributed by atoms with Crippen LogP contribution >= 0.6 is 22.9 Å². The van der Waals surface area contributed by atoms with Crippen LogP contribution in [0.5, 0.6) is 11.5 Å². The van der Waals surface area contributed by atoms with Crippen LogP contribution in [0.3, 0.4) is 0 Å². The predicted molar refractivity (Wildman–Crippen MR) is 181 cm³/mol. The first kappa shape index (κ1) is 32.3. The van der Waals surface area contributed by atoms with Crippen LogP contribution in [0.1, 0.15) is 60.2 Å². The largest absolute Gasteiger partial charge is 0.493 e. The number of amides is 1. The Labute approximate surface area is 272 Å². The highest BCUT2D eigenvalue weighted by Crippen LogP contribution is 2.33. The SMILES string of the molecule is CCN(CC)C(=O)C1=C(C)N=c2s/c(=C/c3ccc(OCc4c(C)cc(C)cc4C)c(OC)c3)c(=O)n2[C@H]1c1ccc(Cl)cc1. The second-order valence-corrected chi connectivity index (χ2v) is 12.6. The van der Waals surface area contributed by atoms with Crippen molar-refractivity contribution >= 4 is 34.9 Å². The Morgan fingerprint density at radius 1 is 1.00 bits per heavy atom. The second-order valence-electron chi connectivity index (χ2n) is 11.2. The van der Waals surface area contributed by atoms with E-state index in [4.69, 9.17) is 26.1 Å². The Bertz CT molecular complexity index is 1950. The number of aromatic nitrogens is 1. The van der Waals surface area contributed by atoms with Crippen molar-refractivity contribution in [2.24, 2.45) is 4.99 Å². The van der Waals surface area contributed by atoms with Gasteiger partial charge in [0, 0.05) is 18.1 Å². The van der Waals surface area contributed by atoms with Crippen LogP contribution in [-0.4, -0.2) is 35.6 Å². The fraction of sp³-hybridized carbons (Fsp3) is 0.306. The lowest BCUT2D eigenvalue weighted by atomic mass is 9.94. The van der Waals surface area contributed by atoms with Gasteiger partial charge in [0.15, 0.2) is 16.3 Å². The van der Waals surface area contributed by atoms with Crippen molar-refractivity contribution in [3.8, 4) is 11.5 Å². The van der Waals surface area contributed by atoms with Crippen molar-refractivity contribution < 1.29 is 14.3 Å². The molecule has 0 fully saturated rings. The maximum absolute atomic E-state index is 14.1. The quantitative estimate of drug-likeness (QED) is 0.216. The van der Waals surface area contributed by atoms with Crippen molar-refractivity contribution in [3.63, 3.8) is 0 Å². The third-order valence-corrected chi connectivity index (χ3v) is 9.42. The van der Waals surface area contributed by atoms with Crippen molar-refractivity contribution in [3.05, 3.63) is 124 Å². The summed E-state index contributed by atoms with van der Waals surface area (Å²) in [4.78, 5) is 34.9. The number of ether oxygens (including phenoxy) is 2. The molecule has 1 amide bonds. The summed E-state index contributed by atoms with van der Waals surface area (Å²) in [5.41, 5.74) is 7.19. The highest BCUT2D eigenvalue weighted by molar-refractivity contribution is 7.07. The van der Waals surface area contributed by atoms with Gasteiger partial charge in [0.05, 0.1) is 29.0 Å². The van der Waals surface area contributed by atoms with Crippen molar-refractivity contribution in [2.75, 3.05) is 20.2 Å². The van der Waals surface area contributed by atoms with Crippen molar-refractivity contribution in [1.82, 2.24) is 9.47 Å². The molecule has 0 saturated heterocycles. The smallest absolute Gasteiger partial charge is 0.271 e. The Morgan fingerprint density at radius 3 is 2.29 bits per heavy atom. The minimum absolute atomic E-state index is 0.133. The van der Waals surface area contributed by atoms with Gasteiger partial charge < -0.3 is 14.4 Å². The van der Waals surface area contributed by atoms with Crippen LogP contribution < -0.4 is 24.4 Å². The van der Waals surface area contributed by atoms with E-state index >= 15 is 0 Å². The van der Waals surface area contributed by atoms with E-state index in [1.165, 1.54) is 28.0 Å². The van der Waals surface area contributed by atoms with Gasteiger partial charge in [0.1, 0.15) is 6.61 Å². The normalized spacial score (nSPS) is 14.7. The zero-order chi connectivity index (χ0) is 32.4. The monoisotopic (exact) mass is 643 g/mol. The van der Waals surface area contributed by atoms with Crippen LogP contribution in [0.15, 0.2) is 75.7 Å². The van der Waals surface area contributed by atoms with E-state index in [9.17, 15) is 9.59 Å². The number of methoxy groups -OCH3 is 1. The van der Waals surface area contributed by atoms with E-state index in [-0.39, 0.29) is 11.5 Å². The van der Waals surface area contributed by atoms with Gasteiger partial charge in [-0.15, -0.1) is 0 Å². The van der Waals surface area contributed by atoms with E-state index in [2.05, 4.69) is 32.9 Å². The molecule has 0 N–H and O–H groups in total. The summed E-state index contributed by atoms with van der Waals surface area (Å²) in [6, 6.07) is 16.6. The molecule has 4 aromatic rings. The molecule has 0 spiro atoms. The third-order valence-electron chi connectivity index (χ3n) is 8.19. The maximum atomic E-state index is 14.1. The molecule has 3 aromatic carbocycles. The van der Waals surface area contributed by atoms with Gasteiger partial charge in [-0.25, -0.2) is 4.99 Å². The molecule has 0 unspecified atom stereocenters. The topological polar surface area (TPSA) is 73.1 Å². The number of carbonyl (C=O) groups is 1. The molecular weight excluding hydrogens is 606 g/mol. The lowest BCUT2D eigenvalue weighted by Gasteiger charge is -2.29. The molecule has 1 aromatic heterocycles. The molecule has 2 heterocycles. The van der Waals surface area contributed by atoms with Gasteiger partial charge >= 0.3 is 0 Å². The Kier molecular flexibility index (Phi) is 9.65. The summed E-state index contributed by atoms with van der Waals surface area (Å²) in [5, 5.41) is 0.578. The molecule has 45 heavy (non-hydrogen) atoms. The molecular formula is C36H38ClN3O4S. The van der Waals surface area contributed by atoms with E-state index in [1.807, 2.05) is 57.2 Å². The minimum atomic E-state index is -0.632. The number of allylic oxidation sites excluding steroid dienone is 1. The molecule has 0 bridgehead atoms. The van der Waals surface area contributed by atoms with Crippen LogP contribution in [0.4, 0.5) is 0 Å². The average Bonchev–Trinajstić information content (AvgIpc) is 3.31. The first-order valence-corrected chi connectivity index (χ1v) is 16.2. The molecule has 0 aliphatic carbocycles. The lowest BCUT2D eigenvalue weighted by molar-refractivity contribution is -0.127. The highest BCUT2D eigenvalue weighted by atomic mass is 35.5. The Morgan fingerprint density at radius 2 is 1.67 bits per heavy atom. The molecule has 1 aliphatic heterocycles. The fourth-order valence-electron chi connectivity index (χ4n) is 5.87. The number of likely N-dealkylation sites (N-methyl/N-ethyl adjacent to an activating group) is 1. The summed E-state index contributed by atoms with van der Waals surface area (Å²) in [6.07, 6.45) is 1.83. The number of aryl methyl sites for hydroxylation is 3. The number of fused-ring (bicyclic) bond motifs is 1. The first-order chi connectivity index (χ1) is 21.6. The molecule has 9 heteroatoms. The van der Waals surface area contributed by atoms with Crippen molar-refractivity contribution in [2.45, 2.75) is 54.2 Å². The number of halogens is 1. The molecule has 0 saturated carbocycles. The molecule has 0 radical (unpaired) electrons. The third kappa shape index (κ3) is 6.49. The van der Waals surface area contributed by atoms with E-state index in [1.54, 1.807) is 28.7 Å². The van der Waals surface area contributed by atoms with E-state index < -0.39 is 6.04 Å². The maximum Gasteiger partial charge on any atom is 0.271 e. The van der Waals surface area contributed by atoms with Gasteiger partial charge in [0.25, 0.3) is 11.5 Å². The number of hydrogen-bond acceptors (Lipinski definition) is 6. The summed E-state index contributed by atoms with van der Waals surface area (Å²) in [7, 11) is 1.60. The Hall–Kier alpha value is -4.14. The minimum Gasteiger partial charge on any atom is -0.493 e. The highest BCUT2D eigenvalue weighted by Gasteiger charge is 2.34. The van der Waals surface area contributed by atoms with Crippen molar-refractivity contribution in [1.29, 1.82) is 0 Å². The summed E-state index contributed by atoms with van der Waals surface area (Å²) in [6.45, 7) is 13.5. The van der Waals surface area contributed by atoms with Gasteiger partial charge in [-0.05, 0) is 99.7 Å². The number of carbonyl (C=O) groups excluding carboxylic acids is 1. The number of benzene rings is 3. The standard InChI is InChI=1S/C36H38ClN3O4S/c1-8-39(9-2)35(42)32-24(6)38-36-40(33(32)26-11-13-27(37)14-12-26)34(41)31(45-36)19-25-10-15-29(30(18-25)43-7)44-20-28-22(4)16-21(3)17-23(28)5/h10-19,33H,8-9,20H2,1-7H3/b31-19+/t33-/m0/s1. The predicted octanol–water partition coefficient (Wildman–Crippen LogP) is 6.27. The van der Waals surface area contributed by atoms with Gasteiger partial charge in [-0.2, -0.15) is 0 Å². The fourth-order valence-corrected chi connectivity index (χ4v) is 7.04. The second kappa shape index (κ2) is 13.5. The molecule has 5 rings (SSSR count). The first-order valence-electron chi connectivity index (χ1n) is 15.0. The van der Waals surface area contributed by atoms with Crippen LogP contribution in [-0.2, 0) is 11.4 Å². The molecule has 1 aliphatic rings. The number of rotatable bonds is 9. The van der Waals surface area contributed by atoms with Gasteiger partial charge in [-0.3, -0.25) is 14.2 Å². The van der Waals surface area contributed by atoms with Crippen LogP contribution in [0.25, 0.3) is 6.08 Å². The lowest BCUT2D eigenvalue weighted by Crippen LogP contribution is -2.43. The van der Waals surface area contributed by atoms with Gasteiger partial charge in [-0.1, -0.05) is 58.8 Å². The van der Waals surface area contributed by atoms with E-state index in [0.29, 0.717) is 56.8 Å². The number of hydrogen-bond donors (Lipinski definition) is 0. The summed E-state index contributed by atoms with van der Waals surface area (Å²) >= 11 is 7.51. The number of nitrogens with zero attached hydrogens (tertiary/aromatic N) is 3. The molecule has 7 nitrogen and oxygen atoms in total. The average molecular weight is 644 g/mol. The van der Waals surface area contributed by atoms with Crippen LogP contribution in [0.2, 0.25) is 5.02 Å². The summed E-state index contributed by atoms with van der Waals surface area (Å²) < 4.78 is 14.0. The van der Waals surface area contributed by atoms with Gasteiger partial charge in [0.2, 0.25) is 0 Å². The van der Waals surface area contributed by atoms with E-state index in [0.717, 1.165) is 16.7 Å². The zero-order valence-electron chi connectivity index (χ0n) is 26.7. The molecule has 1 atom stereocenters. The Balaban J connectivity index is 1.55. The summed E-state index contributed by atoms with van der Waals surface area (Å²) in [5.74, 6) is 1.06.